The first-order valence-corrected chi connectivity index (χ1v) is 9.35. The number of hydrogen-bond acceptors (Lipinski definition) is 4. The Bertz CT molecular complexity index is 1120. The Kier molecular flexibility index (Phi) is 4.14. The molecule has 6 nitrogen and oxygen atoms in total. The minimum atomic E-state index is -0.427. The number of fused-ring (bicyclic) bond motifs is 2. The largest absolute Gasteiger partial charge is 0.454 e. The molecule has 0 saturated carbocycles. The van der Waals surface area contributed by atoms with Crippen molar-refractivity contribution in [1.29, 1.82) is 0 Å². The van der Waals surface area contributed by atoms with E-state index in [-0.39, 0.29) is 17.4 Å². The first-order valence-electron chi connectivity index (χ1n) is 8.97. The minimum Gasteiger partial charge on any atom is -0.454 e. The number of nitrogens with one attached hydrogen (secondary N) is 1. The summed E-state index contributed by atoms with van der Waals surface area (Å²) in [5.74, 6) is 0.882. The fraction of sp³-hybridized carbons (Fsp3) is 0.250. The van der Waals surface area contributed by atoms with E-state index in [2.05, 4.69) is 10.00 Å². The molecular weight excluding hydrogens is 385 g/mol. The summed E-state index contributed by atoms with van der Waals surface area (Å²) >= 11 is 5.88. The molecule has 28 heavy (non-hydrogen) atoms. The number of rotatable bonds is 3. The van der Waals surface area contributed by atoms with Gasteiger partial charge in [-0.3, -0.25) is 14.8 Å². The predicted octanol–water partition coefficient (Wildman–Crippen LogP) is 3.25. The van der Waals surface area contributed by atoms with Crippen molar-refractivity contribution in [2.75, 3.05) is 13.3 Å². The Hall–Kier alpha value is -2.77. The number of benzene rings is 2. The van der Waals surface area contributed by atoms with E-state index in [1.165, 1.54) is 6.07 Å². The average Bonchev–Trinajstić information content (AvgIpc) is 3.29. The maximum absolute atomic E-state index is 13.4. The molecule has 8 heteroatoms. The van der Waals surface area contributed by atoms with Gasteiger partial charge in [0, 0.05) is 37.8 Å². The fourth-order valence-corrected chi connectivity index (χ4v) is 3.90. The summed E-state index contributed by atoms with van der Waals surface area (Å²) in [6.45, 7) is 2.12. The zero-order valence-corrected chi connectivity index (χ0v) is 15.6. The van der Waals surface area contributed by atoms with Gasteiger partial charge in [-0.2, -0.15) is 0 Å². The quantitative estimate of drug-likeness (QED) is 0.732. The SMILES string of the molecule is O=c1c2c([nH]n1-c1ccc3c(c1)OCO3)CCN(Cc1ccc(F)c(Cl)c1)C2. The van der Waals surface area contributed by atoms with E-state index in [0.717, 1.165) is 29.8 Å². The molecule has 1 N–H and O–H groups in total. The molecule has 2 aliphatic rings. The van der Waals surface area contributed by atoms with Crippen molar-refractivity contribution in [1.82, 2.24) is 14.7 Å². The fourth-order valence-electron chi connectivity index (χ4n) is 3.70. The van der Waals surface area contributed by atoms with E-state index in [1.54, 1.807) is 28.9 Å². The van der Waals surface area contributed by atoms with Crippen molar-refractivity contribution in [3.8, 4) is 17.2 Å². The molecule has 2 aliphatic heterocycles. The van der Waals surface area contributed by atoms with Crippen LogP contribution in [0.4, 0.5) is 4.39 Å². The molecule has 1 aromatic heterocycles. The van der Waals surface area contributed by atoms with Crippen LogP contribution in [0.3, 0.4) is 0 Å². The summed E-state index contributed by atoms with van der Waals surface area (Å²) in [6.07, 6.45) is 0.733. The molecule has 144 valence electrons. The zero-order valence-electron chi connectivity index (χ0n) is 14.9. The lowest BCUT2D eigenvalue weighted by Gasteiger charge is -2.25. The van der Waals surface area contributed by atoms with E-state index < -0.39 is 5.82 Å². The highest BCUT2D eigenvalue weighted by atomic mass is 35.5. The van der Waals surface area contributed by atoms with Gasteiger partial charge in [-0.05, 0) is 29.8 Å². The van der Waals surface area contributed by atoms with Crippen LogP contribution in [0.15, 0.2) is 41.2 Å². The van der Waals surface area contributed by atoms with Crippen LogP contribution in [-0.2, 0) is 19.5 Å². The van der Waals surface area contributed by atoms with E-state index >= 15 is 0 Å². The van der Waals surface area contributed by atoms with E-state index in [4.69, 9.17) is 21.1 Å². The lowest BCUT2D eigenvalue weighted by Crippen LogP contribution is -2.32. The number of hydrogen-bond donors (Lipinski definition) is 1. The van der Waals surface area contributed by atoms with Crippen LogP contribution in [0.1, 0.15) is 16.8 Å². The third-order valence-electron chi connectivity index (χ3n) is 5.14. The number of aromatic nitrogens is 2. The molecule has 3 aromatic rings. The van der Waals surface area contributed by atoms with Gasteiger partial charge in [0.1, 0.15) is 5.82 Å². The number of aromatic amines is 1. The minimum absolute atomic E-state index is 0.0734. The second kappa shape index (κ2) is 6.68. The average molecular weight is 402 g/mol. The first-order chi connectivity index (χ1) is 13.6. The molecule has 3 heterocycles. The van der Waals surface area contributed by atoms with E-state index in [9.17, 15) is 9.18 Å². The van der Waals surface area contributed by atoms with Gasteiger partial charge in [-0.1, -0.05) is 17.7 Å². The highest BCUT2D eigenvalue weighted by Crippen LogP contribution is 2.33. The summed E-state index contributed by atoms with van der Waals surface area (Å²) in [7, 11) is 0. The number of nitrogens with zero attached hydrogens (tertiary/aromatic N) is 2. The van der Waals surface area contributed by atoms with Crippen LogP contribution in [-0.4, -0.2) is 28.0 Å². The van der Waals surface area contributed by atoms with Crippen molar-refractivity contribution in [3.63, 3.8) is 0 Å². The topological polar surface area (TPSA) is 59.5 Å². The van der Waals surface area contributed by atoms with Crippen molar-refractivity contribution in [3.05, 3.63) is 74.4 Å². The molecule has 2 aromatic carbocycles. The third-order valence-corrected chi connectivity index (χ3v) is 5.43. The van der Waals surface area contributed by atoms with Crippen molar-refractivity contribution >= 4 is 11.6 Å². The highest BCUT2D eigenvalue weighted by molar-refractivity contribution is 6.30. The Morgan fingerprint density at radius 2 is 2.00 bits per heavy atom. The Morgan fingerprint density at radius 3 is 2.86 bits per heavy atom. The number of ether oxygens (including phenoxy) is 2. The predicted molar refractivity (Wildman–Crippen MR) is 102 cm³/mol. The molecule has 5 rings (SSSR count). The molecule has 0 bridgehead atoms. The highest BCUT2D eigenvalue weighted by Gasteiger charge is 2.24. The van der Waals surface area contributed by atoms with Crippen LogP contribution in [0.5, 0.6) is 11.5 Å². The van der Waals surface area contributed by atoms with Gasteiger partial charge in [0.05, 0.1) is 16.3 Å². The van der Waals surface area contributed by atoms with E-state index in [1.807, 2.05) is 6.07 Å². The molecular formula is C20H17ClFN3O3. The lowest BCUT2D eigenvalue weighted by molar-refractivity contribution is 0.174. The van der Waals surface area contributed by atoms with Gasteiger partial charge in [-0.25, -0.2) is 9.07 Å². The molecule has 0 saturated heterocycles. The first kappa shape index (κ1) is 17.3. The molecule has 0 fully saturated rings. The second-order valence-electron chi connectivity index (χ2n) is 6.96. The van der Waals surface area contributed by atoms with Crippen LogP contribution < -0.4 is 15.0 Å². The van der Waals surface area contributed by atoms with Gasteiger partial charge < -0.3 is 9.47 Å². The monoisotopic (exact) mass is 401 g/mol. The number of halogens is 2. The molecule has 0 radical (unpaired) electrons. The molecule has 0 unspecified atom stereocenters. The maximum Gasteiger partial charge on any atom is 0.275 e. The van der Waals surface area contributed by atoms with Gasteiger partial charge in [-0.15, -0.1) is 0 Å². The van der Waals surface area contributed by atoms with Crippen LogP contribution in [0.25, 0.3) is 5.69 Å². The van der Waals surface area contributed by atoms with E-state index in [0.29, 0.717) is 30.3 Å². The summed E-state index contributed by atoms with van der Waals surface area (Å²) in [6, 6.07) is 10.1. The number of H-pyrrole nitrogens is 1. The summed E-state index contributed by atoms with van der Waals surface area (Å²) in [5, 5.41) is 3.33. The van der Waals surface area contributed by atoms with Crippen molar-refractivity contribution in [2.24, 2.45) is 0 Å². The van der Waals surface area contributed by atoms with Crippen LogP contribution >= 0.6 is 11.6 Å². The standard InChI is InChI=1S/C20H17ClFN3O3/c21-15-7-12(1-3-16(15)22)9-24-6-5-17-14(10-24)20(26)25(23-17)13-2-4-18-19(8-13)28-11-27-18/h1-4,7-8,23H,5-6,9-11H2. The summed E-state index contributed by atoms with van der Waals surface area (Å²) < 4.78 is 25.6. The van der Waals surface area contributed by atoms with Crippen molar-refractivity contribution in [2.45, 2.75) is 19.5 Å². The maximum atomic E-state index is 13.4. The summed E-state index contributed by atoms with van der Waals surface area (Å²) in [4.78, 5) is 15.1. The Balaban J connectivity index is 1.40. The molecule has 0 aliphatic carbocycles. The van der Waals surface area contributed by atoms with Gasteiger partial charge in [0.2, 0.25) is 6.79 Å². The normalized spacial score (nSPS) is 15.6. The molecule has 0 amide bonds. The third kappa shape index (κ3) is 2.96. The molecule has 0 atom stereocenters. The van der Waals surface area contributed by atoms with Crippen LogP contribution in [0, 0.1) is 5.82 Å². The van der Waals surface area contributed by atoms with Gasteiger partial charge in [0.15, 0.2) is 11.5 Å². The van der Waals surface area contributed by atoms with Gasteiger partial charge in [0.25, 0.3) is 5.56 Å². The smallest absolute Gasteiger partial charge is 0.275 e. The van der Waals surface area contributed by atoms with Crippen LogP contribution in [0.2, 0.25) is 5.02 Å². The molecule has 0 spiro atoms. The summed E-state index contributed by atoms with van der Waals surface area (Å²) in [5.41, 5.74) is 3.24. The van der Waals surface area contributed by atoms with Crippen molar-refractivity contribution < 1.29 is 13.9 Å². The Morgan fingerprint density at radius 1 is 1.14 bits per heavy atom. The zero-order chi connectivity index (χ0) is 19.3. The van der Waals surface area contributed by atoms with Gasteiger partial charge >= 0.3 is 0 Å². The Labute approximate surface area is 165 Å². The lowest BCUT2D eigenvalue weighted by atomic mass is 10.1. The second-order valence-corrected chi connectivity index (χ2v) is 7.36.